The zero-order valence-electron chi connectivity index (χ0n) is 14.6. The summed E-state index contributed by atoms with van der Waals surface area (Å²) in [6.07, 6.45) is 9.75. The number of nitrogens with one attached hydrogen (secondary N) is 2. The third-order valence-electron chi connectivity index (χ3n) is 4.60. The second kappa shape index (κ2) is 11.2. The molecular weight excluding hydrogens is 419 g/mol. The second-order valence-electron chi connectivity index (χ2n) is 6.41. The molecule has 1 saturated carbocycles. The fraction of sp³-hybridized carbons (Fsp3) is 0.765. The van der Waals surface area contributed by atoms with Crippen LogP contribution in [0.2, 0.25) is 0 Å². The molecule has 1 fully saturated rings. The van der Waals surface area contributed by atoms with Gasteiger partial charge in [0.05, 0.1) is 17.7 Å². The van der Waals surface area contributed by atoms with Crippen molar-refractivity contribution in [3.63, 3.8) is 0 Å². The summed E-state index contributed by atoms with van der Waals surface area (Å²) in [4.78, 5) is 9.89. The van der Waals surface area contributed by atoms with Gasteiger partial charge >= 0.3 is 0 Å². The van der Waals surface area contributed by atoms with Gasteiger partial charge in [-0.1, -0.05) is 32.1 Å². The van der Waals surface area contributed by atoms with Crippen molar-refractivity contribution in [2.45, 2.75) is 71.4 Å². The highest BCUT2D eigenvalue weighted by atomic mass is 127. The van der Waals surface area contributed by atoms with Crippen LogP contribution in [0.15, 0.2) is 10.5 Å². The molecule has 0 aliphatic heterocycles. The average molecular weight is 450 g/mol. The normalized spacial score (nSPS) is 17.4. The lowest BCUT2D eigenvalue weighted by atomic mass is 9.85. The van der Waals surface area contributed by atoms with Crippen LogP contribution in [0.3, 0.4) is 0 Å². The summed E-state index contributed by atoms with van der Waals surface area (Å²) in [5, 5.41) is 6.90. The van der Waals surface area contributed by atoms with Crippen LogP contribution < -0.4 is 10.6 Å². The lowest BCUT2D eigenvalue weighted by Crippen LogP contribution is -2.42. The maximum Gasteiger partial charge on any atom is 0.191 e. The summed E-state index contributed by atoms with van der Waals surface area (Å²) in [5.74, 6) is 1.84. The highest BCUT2D eigenvalue weighted by molar-refractivity contribution is 14.0. The summed E-state index contributed by atoms with van der Waals surface area (Å²) in [7, 11) is 1.84. The molecule has 0 aromatic carbocycles. The van der Waals surface area contributed by atoms with Crippen LogP contribution in [0.4, 0.5) is 0 Å². The van der Waals surface area contributed by atoms with E-state index in [4.69, 9.17) is 0 Å². The van der Waals surface area contributed by atoms with Gasteiger partial charge in [0.1, 0.15) is 0 Å². The lowest BCUT2D eigenvalue weighted by molar-refractivity contribution is 0.322. The maximum atomic E-state index is 4.33. The Morgan fingerprint density at radius 1 is 1.39 bits per heavy atom. The maximum absolute atomic E-state index is 4.33. The van der Waals surface area contributed by atoms with Crippen molar-refractivity contribution in [2.75, 3.05) is 7.05 Å². The average Bonchev–Trinajstić information content (AvgIpc) is 2.95. The Balaban J connectivity index is 0.00000264. The molecule has 0 bridgehead atoms. The molecule has 23 heavy (non-hydrogen) atoms. The van der Waals surface area contributed by atoms with Crippen molar-refractivity contribution in [3.8, 4) is 0 Å². The Morgan fingerprint density at radius 3 is 2.74 bits per heavy atom. The number of guanidine groups is 1. The van der Waals surface area contributed by atoms with Gasteiger partial charge in [0.15, 0.2) is 5.96 Å². The van der Waals surface area contributed by atoms with E-state index in [0.717, 1.165) is 24.1 Å². The zero-order chi connectivity index (χ0) is 15.8. The highest BCUT2D eigenvalue weighted by Gasteiger charge is 2.15. The Hall–Kier alpha value is -0.370. The molecule has 1 atom stereocenters. The molecule has 1 unspecified atom stereocenters. The third kappa shape index (κ3) is 7.37. The highest BCUT2D eigenvalue weighted by Crippen LogP contribution is 2.27. The first-order chi connectivity index (χ1) is 10.7. The number of halogens is 1. The van der Waals surface area contributed by atoms with Crippen LogP contribution in [-0.4, -0.2) is 24.0 Å². The number of thiazole rings is 1. The Labute approximate surface area is 162 Å². The van der Waals surface area contributed by atoms with Gasteiger partial charge in [0, 0.05) is 18.0 Å². The largest absolute Gasteiger partial charge is 0.354 e. The van der Waals surface area contributed by atoms with E-state index in [9.17, 15) is 0 Å². The molecule has 1 aromatic rings. The minimum absolute atomic E-state index is 0. The van der Waals surface area contributed by atoms with E-state index in [-0.39, 0.29) is 24.0 Å². The smallest absolute Gasteiger partial charge is 0.191 e. The fourth-order valence-corrected chi connectivity index (χ4v) is 3.84. The first kappa shape index (κ1) is 20.7. The van der Waals surface area contributed by atoms with Crippen LogP contribution in [-0.2, 0) is 6.54 Å². The molecule has 1 aliphatic rings. The van der Waals surface area contributed by atoms with Gasteiger partial charge in [-0.3, -0.25) is 4.99 Å². The number of aryl methyl sites for hydroxylation is 1. The molecule has 132 valence electrons. The van der Waals surface area contributed by atoms with Crippen molar-refractivity contribution in [1.82, 2.24) is 15.6 Å². The molecule has 0 radical (unpaired) electrons. The van der Waals surface area contributed by atoms with Crippen molar-refractivity contribution >= 4 is 41.3 Å². The molecule has 6 heteroatoms. The minimum atomic E-state index is 0. The zero-order valence-corrected chi connectivity index (χ0v) is 17.7. The standard InChI is InChI=1S/C17H30N4S.HI/c1-13(9-10-15-7-5-4-6-8-15)21-17(18-3)19-11-16-14(2)20-12-22-16;/h12-13,15H,4-11H2,1-3H3,(H2,18,19,21);1H. The molecule has 0 amide bonds. The van der Waals surface area contributed by atoms with Gasteiger partial charge in [0.25, 0.3) is 0 Å². The number of aromatic nitrogens is 1. The van der Waals surface area contributed by atoms with Gasteiger partial charge in [-0.2, -0.15) is 0 Å². The molecule has 1 aromatic heterocycles. The summed E-state index contributed by atoms with van der Waals surface area (Å²) in [5.41, 5.74) is 3.01. The van der Waals surface area contributed by atoms with E-state index in [0.29, 0.717) is 6.04 Å². The lowest BCUT2D eigenvalue weighted by Gasteiger charge is -2.24. The molecule has 4 nitrogen and oxygen atoms in total. The van der Waals surface area contributed by atoms with Gasteiger partial charge in [-0.15, -0.1) is 35.3 Å². The van der Waals surface area contributed by atoms with Gasteiger partial charge in [0.2, 0.25) is 0 Å². The van der Waals surface area contributed by atoms with Crippen molar-refractivity contribution in [2.24, 2.45) is 10.9 Å². The third-order valence-corrected chi connectivity index (χ3v) is 5.54. The van der Waals surface area contributed by atoms with Crippen LogP contribution in [0.25, 0.3) is 0 Å². The van der Waals surface area contributed by atoms with E-state index < -0.39 is 0 Å². The van der Waals surface area contributed by atoms with Gasteiger partial charge < -0.3 is 10.6 Å². The summed E-state index contributed by atoms with van der Waals surface area (Å²) >= 11 is 1.69. The molecule has 2 rings (SSSR count). The van der Waals surface area contributed by atoms with E-state index >= 15 is 0 Å². The number of rotatable bonds is 6. The summed E-state index contributed by atoms with van der Waals surface area (Å²) in [6, 6.07) is 0.468. The van der Waals surface area contributed by atoms with Crippen molar-refractivity contribution < 1.29 is 0 Å². The number of aliphatic imine (C=N–C) groups is 1. The molecule has 1 heterocycles. The van der Waals surface area contributed by atoms with E-state index in [1.54, 1.807) is 11.3 Å². The molecule has 1 aliphatic carbocycles. The number of hydrogen-bond acceptors (Lipinski definition) is 3. The topological polar surface area (TPSA) is 49.3 Å². The second-order valence-corrected chi connectivity index (χ2v) is 7.35. The summed E-state index contributed by atoms with van der Waals surface area (Å²) in [6.45, 7) is 5.11. The predicted octanol–water partition coefficient (Wildman–Crippen LogP) is 4.48. The van der Waals surface area contributed by atoms with E-state index in [1.807, 2.05) is 12.6 Å². The van der Waals surface area contributed by atoms with Crippen LogP contribution in [0.5, 0.6) is 0 Å². The molecule has 0 spiro atoms. The van der Waals surface area contributed by atoms with E-state index in [2.05, 4.69) is 34.5 Å². The molecular formula is C17H31IN4S. The monoisotopic (exact) mass is 450 g/mol. The summed E-state index contributed by atoms with van der Waals surface area (Å²) < 4.78 is 0. The number of hydrogen-bond donors (Lipinski definition) is 2. The fourth-order valence-electron chi connectivity index (χ4n) is 3.12. The van der Waals surface area contributed by atoms with Crippen LogP contribution in [0.1, 0.15) is 62.4 Å². The predicted molar refractivity (Wildman–Crippen MR) is 111 cm³/mol. The Bertz CT molecular complexity index is 469. The van der Waals surface area contributed by atoms with Gasteiger partial charge in [-0.05, 0) is 32.6 Å². The SMILES string of the molecule is CN=C(NCc1scnc1C)NC(C)CCC1CCCCC1.I. The van der Waals surface area contributed by atoms with E-state index in [1.165, 1.54) is 49.8 Å². The molecule has 2 N–H and O–H groups in total. The van der Waals surface area contributed by atoms with Crippen molar-refractivity contribution in [3.05, 3.63) is 16.1 Å². The quantitative estimate of drug-likeness (QED) is 0.382. The van der Waals surface area contributed by atoms with Crippen LogP contribution >= 0.6 is 35.3 Å². The van der Waals surface area contributed by atoms with Crippen LogP contribution in [0, 0.1) is 12.8 Å². The van der Waals surface area contributed by atoms with Crippen molar-refractivity contribution in [1.29, 1.82) is 0 Å². The molecule has 0 saturated heterocycles. The van der Waals surface area contributed by atoms with Gasteiger partial charge in [-0.25, -0.2) is 4.98 Å². The first-order valence-corrected chi connectivity index (χ1v) is 9.43. The first-order valence-electron chi connectivity index (χ1n) is 8.55. The number of nitrogens with zero attached hydrogens (tertiary/aromatic N) is 2. The minimum Gasteiger partial charge on any atom is -0.354 e. The Morgan fingerprint density at radius 2 is 2.13 bits per heavy atom. The Kier molecular flexibility index (Phi) is 10.1.